The van der Waals surface area contributed by atoms with Gasteiger partial charge in [0, 0.05) is 12.5 Å². The Labute approximate surface area is 184 Å². The van der Waals surface area contributed by atoms with Crippen molar-refractivity contribution in [3.63, 3.8) is 0 Å². The third-order valence-corrected chi connectivity index (χ3v) is 7.03. The van der Waals surface area contributed by atoms with Crippen molar-refractivity contribution in [2.75, 3.05) is 0 Å². The molecule has 3 aromatic rings. The number of nitrogens with two attached hydrogens (primary N) is 1. The molecular weight excluding hydrogens is 380 g/mol. The van der Waals surface area contributed by atoms with Crippen molar-refractivity contribution in [3.05, 3.63) is 89.2 Å². The van der Waals surface area contributed by atoms with Crippen LogP contribution in [-0.2, 0) is 6.54 Å². The van der Waals surface area contributed by atoms with Gasteiger partial charge in [0.15, 0.2) is 5.78 Å². The highest BCUT2D eigenvalue weighted by molar-refractivity contribution is 5.97. The van der Waals surface area contributed by atoms with E-state index in [9.17, 15) is 4.79 Å². The first-order valence-electron chi connectivity index (χ1n) is 11.6. The first-order chi connectivity index (χ1) is 15.2. The normalized spacial score (nSPS) is 21.1. The van der Waals surface area contributed by atoms with Crippen molar-refractivity contribution in [1.82, 2.24) is 4.98 Å². The Kier molecular flexibility index (Phi) is 5.69. The number of aromatic nitrogens is 1. The van der Waals surface area contributed by atoms with E-state index in [2.05, 4.69) is 59.6 Å². The van der Waals surface area contributed by atoms with Crippen LogP contribution in [0.15, 0.2) is 66.7 Å². The zero-order valence-electron chi connectivity index (χ0n) is 18.0. The number of rotatable bonds is 6. The summed E-state index contributed by atoms with van der Waals surface area (Å²) >= 11 is 0. The van der Waals surface area contributed by atoms with E-state index >= 15 is 0 Å². The average Bonchev–Trinajstić information content (AvgIpc) is 3.69. The van der Waals surface area contributed by atoms with Crippen LogP contribution in [0.4, 0.5) is 0 Å². The van der Waals surface area contributed by atoms with E-state index in [4.69, 9.17) is 5.73 Å². The van der Waals surface area contributed by atoms with Crippen LogP contribution in [0.25, 0.3) is 11.1 Å². The van der Waals surface area contributed by atoms with E-state index in [-0.39, 0.29) is 11.7 Å². The van der Waals surface area contributed by atoms with Crippen LogP contribution in [0.1, 0.15) is 77.7 Å². The minimum Gasteiger partial charge on any atom is -0.325 e. The van der Waals surface area contributed by atoms with Crippen LogP contribution in [0.5, 0.6) is 0 Å². The second-order valence-electron chi connectivity index (χ2n) is 9.12. The molecule has 0 atom stereocenters. The first kappa shape index (κ1) is 20.1. The maximum absolute atomic E-state index is 13.4. The van der Waals surface area contributed by atoms with Gasteiger partial charge in [-0.3, -0.25) is 4.79 Å². The Balaban J connectivity index is 1.26. The molecule has 0 amide bonds. The van der Waals surface area contributed by atoms with Gasteiger partial charge in [-0.15, -0.1) is 0 Å². The molecular formula is C28H30N2O. The maximum atomic E-state index is 13.4. The predicted molar refractivity (Wildman–Crippen MR) is 125 cm³/mol. The highest BCUT2D eigenvalue weighted by Gasteiger charge is 2.33. The minimum absolute atomic E-state index is 0.0952. The maximum Gasteiger partial charge on any atom is 0.184 e. The summed E-state index contributed by atoms with van der Waals surface area (Å²) in [6, 6.07) is 23.6. The molecule has 2 saturated carbocycles. The van der Waals surface area contributed by atoms with Crippen molar-refractivity contribution in [1.29, 1.82) is 0 Å². The van der Waals surface area contributed by atoms with Crippen molar-refractivity contribution in [2.24, 2.45) is 11.7 Å². The number of Topliss-reactive ketones (excluding diaryl/α,β-unsaturated/α-hetero) is 1. The number of nitrogens with zero attached hydrogens (tertiary/aromatic N) is 1. The zero-order valence-corrected chi connectivity index (χ0v) is 18.0. The lowest BCUT2D eigenvalue weighted by atomic mass is 9.76. The quantitative estimate of drug-likeness (QED) is 0.489. The number of hydrogen-bond donors (Lipinski definition) is 1. The molecule has 158 valence electrons. The largest absolute Gasteiger partial charge is 0.325 e. The summed E-state index contributed by atoms with van der Waals surface area (Å²) in [7, 11) is 0. The fourth-order valence-electron chi connectivity index (χ4n) is 5.01. The molecule has 2 fully saturated rings. The summed E-state index contributed by atoms with van der Waals surface area (Å²) in [6.45, 7) is 0.386. The SMILES string of the molecule is NCc1ccc(C2CC2)c(C(=O)C2CCC(c3ccc(-c4ccccc4)cc3)CC2)n1. The molecule has 0 aliphatic heterocycles. The average molecular weight is 411 g/mol. The Bertz CT molecular complexity index is 1050. The van der Waals surface area contributed by atoms with Gasteiger partial charge in [0.25, 0.3) is 0 Å². The van der Waals surface area contributed by atoms with E-state index < -0.39 is 0 Å². The predicted octanol–water partition coefficient (Wildman–Crippen LogP) is 6.24. The standard InChI is InChI=1S/C28H30N2O/c29-18-25-16-17-26(23-12-13-23)27(30-25)28(31)24-14-10-22(11-15-24)21-8-6-20(7-9-21)19-4-2-1-3-5-19/h1-9,16-17,22-24H,10-15,18,29H2. The lowest BCUT2D eigenvalue weighted by Crippen LogP contribution is -2.23. The van der Waals surface area contributed by atoms with Gasteiger partial charge in [0.05, 0.1) is 5.69 Å². The molecule has 0 bridgehead atoms. The van der Waals surface area contributed by atoms with Crippen LogP contribution < -0.4 is 5.73 Å². The fraction of sp³-hybridized carbons (Fsp3) is 0.357. The van der Waals surface area contributed by atoms with E-state index in [1.54, 1.807) is 0 Å². The second kappa shape index (κ2) is 8.76. The third kappa shape index (κ3) is 4.33. The molecule has 3 nitrogen and oxygen atoms in total. The smallest absolute Gasteiger partial charge is 0.184 e. The van der Waals surface area contributed by atoms with Gasteiger partial charge in [-0.1, -0.05) is 60.7 Å². The monoisotopic (exact) mass is 410 g/mol. The number of carbonyl (C=O) groups is 1. The van der Waals surface area contributed by atoms with Gasteiger partial charge >= 0.3 is 0 Å². The molecule has 0 unspecified atom stereocenters. The molecule has 2 aromatic carbocycles. The molecule has 31 heavy (non-hydrogen) atoms. The van der Waals surface area contributed by atoms with Gasteiger partial charge in [0.2, 0.25) is 0 Å². The summed E-state index contributed by atoms with van der Waals surface area (Å²) < 4.78 is 0. The minimum atomic E-state index is 0.0952. The van der Waals surface area contributed by atoms with Crippen molar-refractivity contribution in [3.8, 4) is 11.1 Å². The lowest BCUT2D eigenvalue weighted by Gasteiger charge is -2.28. The van der Waals surface area contributed by atoms with Crippen LogP contribution >= 0.6 is 0 Å². The lowest BCUT2D eigenvalue weighted by molar-refractivity contribution is 0.0877. The fourth-order valence-corrected chi connectivity index (χ4v) is 5.01. The number of ketones is 1. The molecule has 0 saturated heterocycles. The number of hydrogen-bond acceptors (Lipinski definition) is 3. The van der Waals surface area contributed by atoms with Gasteiger partial charge in [-0.2, -0.15) is 0 Å². The Hall–Kier alpha value is -2.78. The molecule has 5 rings (SSSR count). The van der Waals surface area contributed by atoms with Crippen molar-refractivity contribution >= 4 is 5.78 Å². The summed E-state index contributed by atoms with van der Waals surface area (Å²) in [6.07, 6.45) is 6.38. The first-order valence-corrected chi connectivity index (χ1v) is 11.6. The number of benzene rings is 2. The molecule has 1 heterocycles. The van der Waals surface area contributed by atoms with Crippen molar-refractivity contribution < 1.29 is 4.79 Å². The van der Waals surface area contributed by atoms with Crippen molar-refractivity contribution in [2.45, 2.75) is 56.9 Å². The molecule has 2 aliphatic rings. The Morgan fingerprint density at radius 3 is 2.06 bits per heavy atom. The summed E-state index contributed by atoms with van der Waals surface area (Å²) in [5, 5.41) is 0. The summed E-state index contributed by atoms with van der Waals surface area (Å²) in [5.41, 5.74) is 12.4. The molecule has 3 heteroatoms. The Morgan fingerprint density at radius 2 is 1.42 bits per heavy atom. The third-order valence-electron chi connectivity index (χ3n) is 7.03. The van der Waals surface area contributed by atoms with Gasteiger partial charge < -0.3 is 5.73 Å². The zero-order chi connectivity index (χ0) is 21.2. The molecule has 1 aromatic heterocycles. The van der Waals surface area contributed by atoms with Crippen LogP contribution in [0.2, 0.25) is 0 Å². The van der Waals surface area contributed by atoms with E-state index in [0.717, 1.165) is 36.9 Å². The van der Waals surface area contributed by atoms with E-state index in [1.807, 2.05) is 12.1 Å². The second-order valence-corrected chi connectivity index (χ2v) is 9.12. The summed E-state index contributed by atoms with van der Waals surface area (Å²) in [5.74, 6) is 1.41. The molecule has 2 N–H and O–H groups in total. The van der Waals surface area contributed by atoms with E-state index in [0.29, 0.717) is 24.1 Å². The van der Waals surface area contributed by atoms with Crippen LogP contribution in [0, 0.1) is 5.92 Å². The molecule has 0 radical (unpaired) electrons. The van der Waals surface area contributed by atoms with Crippen LogP contribution in [0.3, 0.4) is 0 Å². The highest BCUT2D eigenvalue weighted by atomic mass is 16.1. The summed E-state index contributed by atoms with van der Waals surface area (Å²) in [4.78, 5) is 18.0. The highest BCUT2D eigenvalue weighted by Crippen LogP contribution is 2.43. The molecule has 0 spiro atoms. The topological polar surface area (TPSA) is 56.0 Å². The van der Waals surface area contributed by atoms with E-state index in [1.165, 1.54) is 29.5 Å². The Morgan fingerprint density at radius 1 is 0.774 bits per heavy atom. The van der Waals surface area contributed by atoms with Crippen LogP contribution in [-0.4, -0.2) is 10.8 Å². The number of pyridine rings is 1. The van der Waals surface area contributed by atoms with Gasteiger partial charge in [0.1, 0.15) is 5.69 Å². The molecule has 2 aliphatic carbocycles. The number of carbonyl (C=O) groups excluding carboxylic acids is 1. The van der Waals surface area contributed by atoms with Gasteiger partial charge in [-0.05, 0) is 78.7 Å². The van der Waals surface area contributed by atoms with Gasteiger partial charge in [-0.25, -0.2) is 4.98 Å².